The highest BCUT2D eigenvalue weighted by Gasteiger charge is 2.06. The van der Waals surface area contributed by atoms with Crippen LogP contribution in [0.25, 0.3) is 0 Å². The Kier molecular flexibility index (Phi) is 4.31. The summed E-state index contributed by atoms with van der Waals surface area (Å²) in [7, 11) is 0. The van der Waals surface area contributed by atoms with Crippen LogP contribution in [0.1, 0.15) is 25.5 Å². The molecule has 1 N–H and O–H groups in total. The fourth-order valence-corrected chi connectivity index (χ4v) is 1.41. The first kappa shape index (κ1) is 11.7. The van der Waals surface area contributed by atoms with Gasteiger partial charge in [-0.1, -0.05) is 6.08 Å². The van der Waals surface area contributed by atoms with Crippen LogP contribution >= 0.6 is 0 Å². The molecule has 0 aliphatic carbocycles. The first-order valence-electron chi connectivity index (χ1n) is 5.19. The van der Waals surface area contributed by atoms with Crippen molar-refractivity contribution in [1.29, 1.82) is 0 Å². The molecule has 1 heterocycles. The van der Waals surface area contributed by atoms with Crippen LogP contribution in [-0.4, -0.2) is 23.2 Å². The summed E-state index contributed by atoms with van der Waals surface area (Å²) in [6.07, 6.45) is 3.12. The fourth-order valence-electron chi connectivity index (χ4n) is 1.41. The summed E-state index contributed by atoms with van der Waals surface area (Å²) >= 11 is 0. The summed E-state index contributed by atoms with van der Waals surface area (Å²) in [6.45, 7) is 9.18. The number of aliphatic hydroxyl groups is 1. The third-order valence-corrected chi connectivity index (χ3v) is 2.31. The van der Waals surface area contributed by atoms with Gasteiger partial charge in [0.2, 0.25) is 0 Å². The van der Waals surface area contributed by atoms with Crippen LogP contribution in [0.3, 0.4) is 0 Å². The molecule has 0 spiro atoms. The van der Waals surface area contributed by atoms with Crippen molar-refractivity contribution in [3.8, 4) is 0 Å². The highest BCUT2D eigenvalue weighted by atomic mass is 16.3. The second-order valence-electron chi connectivity index (χ2n) is 3.45. The largest absolute Gasteiger partial charge is 0.389 e. The van der Waals surface area contributed by atoms with Crippen molar-refractivity contribution < 1.29 is 5.11 Å². The average Bonchev–Trinajstić information content (AvgIpc) is 2.26. The molecular weight excluding hydrogens is 188 g/mol. The first-order chi connectivity index (χ1) is 7.19. The molecular formula is C12H18N2O. The van der Waals surface area contributed by atoms with Crippen LogP contribution in [0.5, 0.6) is 0 Å². The van der Waals surface area contributed by atoms with Crippen LogP contribution in [0.4, 0.5) is 5.82 Å². The molecule has 1 aromatic heterocycles. The zero-order chi connectivity index (χ0) is 11.3. The predicted molar refractivity (Wildman–Crippen MR) is 63.0 cm³/mol. The van der Waals surface area contributed by atoms with E-state index in [1.807, 2.05) is 18.2 Å². The lowest BCUT2D eigenvalue weighted by molar-refractivity contribution is 0.199. The molecule has 0 amide bonds. The molecule has 0 saturated heterocycles. The summed E-state index contributed by atoms with van der Waals surface area (Å²) in [5, 5.41) is 9.47. The second-order valence-corrected chi connectivity index (χ2v) is 3.45. The van der Waals surface area contributed by atoms with E-state index in [0.717, 1.165) is 24.5 Å². The molecule has 0 fully saturated rings. The third-order valence-electron chi connectivity index (χ3n) is 2.31. The number of hydrogen-bond acceptors (Lipinski definition) is 3. The Balaban J connectivity index is 2.92. The van der Waals surface area contributed by atoms with Gasteiger partial charge in [-0.25, -0.2) is 4.98 Å². The Morgan fingerprint density at radius 2 is 2.40 bits per heavy atom. The van der Waals surface area contributed by atoms with Crippen LogP contribution in [0.2, 0.25) is 0 Å². The van der Waals surface area contributed by atoms with E-state index in [2.05, 4.69) is 23.4 Å². The van der Waals surface area contributed by atoms with Crippen LogP contribution in [-0.2, 0) is 0 Å². The van der Waals surface area contributed by atoms with Gasteiger partial charge < -0.3 is 10.0 Å². The standard InChI is InChI=1S/C12H18N2O/c1-4-8-14(5-2)12-9-11(10(3)15)6-7-13-12/h4,6-7,9-10,15H,1,5,8H2,2-3H3. The van der Waals surface area contributed by atoms with Crippen molar-refractivity contribution in [2.75, 3.05) is 18.0 Å². The van der Waals surface area contributed by atoms with Crippen LogP contribution in [0.15, 0.2) is 31.0 Å². The molecule has 15 heavy (non-hydrogen) atoms. The number of rotatable bonds is 5. The number of pyridine rings is 1. The van der Waals surface area contributed by atoms with Gasteiger partial charge >= 0.3 is 0 Å². The Morgan fingerprint density at radius 1 is 1.67 bits per heavy atom. The van der Waals surface area contributed by atoms with Crippen molar-refractivity contribution in [2.24, 2.45) is 0 Å². The maximum Gasteiger partial charge on any atom is 0.129 e. The number of anilines is 1. The van der Waals surface area contributed by atoms with Gasteiger partial charge in [0, 0.05) is 19.3 Å². The number of hydrogen-bond donors (Lipinski definition) is 1. The monoisotopic (exact) mass is 206 g/mol. The number of aliphatic hydroxyl groups excluding tert-OH is 1. The minimum atomic E-state index is -0.450. The van der Waals surface area contributed by atoms with Crippen molar-refractivity contribution in [3.63, 3.8) is 0 Å². The van der Waals surface area contributed by atoms with E-state index in [1.54, 1.807) is 13.1 Å². The lowest BCUT2D eigenvalue weighted by atomic mass is 10.1. The average molecular weight is 206 g/mol. The molecule has 0 aliphatic rings. The molecule has 0 radical (unpaired) electrons. The lowest BCUT2D eigenvalue weighted by Gasteiger charge is -2.20. The molecule has 0 aromatic carbocycles. The van der Waals surface area contributed by atoms with Crippen molar-refractivity contribution >= 4 is 5.82 Å². The molecule has 0 bridgehead atoms. The Hall–Kier alpha value is -1.35. The third kappa shape index (κ3) is 3.06. The summed E-state index contributed by atoms with van der Waals surface area (Å²) in [4.78, 5) is 6.37. The Bertz CT molecular complexity index is 323. The van der Waals surface area contributed by atoms with E-state index in [-0.39, 0.29) is 0 Å². The van der Waals surface area contributed by atoms with Gasteiger partial charge in [-0.15, -0.1) is 6.58 Å². The zero-order valence-corrected chi connectivity index (χ0v) is 9.35. The first-order valence-corrected chi connectivity index (χ1v) is 5.19. The topological polar surface area (TPSA) is 36.4 Å². The highest BCUT2D eigenvalue weighted by Crippen LogP contribution is 2.17. The SMILES string of the molecule is C=CCN(CC)c1cc(C(C)O)ccn1. The number of nitrogens with zero attached hydrogens (tertiary/aromatic N) is 2. The van der Waals surface area contributed by atoms with Gasteiger partial charge in [0.25, 0.3) is 0 Å². The highest BCUT2D eigenvalue weighted by molar-refractivity contribution is 5.42. The predicted octanol–water partition coefficient (Wildman–Crippen LogP) is 2.15. The minimum Gasteiger partial charge on any atom is -0.389 e. The zero-order valence-electron chi connectivity index (χ0n) is 9.35. The van der Waals surface area contributed by atoms with E-state index in [0.29, 0.717) is 0 Å². The van der Waals surface area contributed by atoms with Crippen molar-refractivity contribution in [1.82, 2.24) is 4.98 Å². The minimum absolute atomic E-state index is 0.450. The van der Waals surface area contributed by atoms with Gasteiger partial charge in [-0.05, 0) is 31.5 Å². The summed E-state index contributed by atoms with van der Waals surface area (Å²) in [6, 6.07) is 3.74. The molecule has 1 atom stereocenters. The smallest absolute Gasteiger partial charge is 0.129 e. The molecule has 0 aliphatic heterocycles. The van der Waals surface area contributed by atoms with Crippen molar-refractivity contribution in [3.05, 3.63) is 36.5 Å². The Labute approximate surface area is 91.1 Å². The normalized spacial score (nSPS) is 12.2. The van der Waals surface area contributed by atoms with E-state index in [9.17, 15) is 5.11 Å². The summed E-state index contributed by atoms with van der Waals surface area (Å²) in [5.41, 5.74) is 0.891. The maximum atomic E-state index is 9.47. The summed E-state index contributed by atoms with van der Waals surface area (Å²) < 4.78 is 0. The lowest BCUT2D eigenvalue weighted by Crippen LogP contribution is -2.23. The molecule has 82 valence electrons. The van der Waals surface area contributed by atoms with Gasteiger partial charge in [0.15, 0.2) is 0 Å². The summed E-state index contributed by atoms with van der Waals surface area (Å²) in [5.74, 6) is 0.885. The maximum absolute atomic E-state index is 9.47. The van der Waals surface area contributed by atoms with Gasteiger partial charge in [-0.3, -0.25) is 0 Å². The Morgan fingerprint density at radius 3 is 2.93 bits per heavy atom. The van der Waals surface area contributed by atoms with E-state index >= 15 is 0 Å². The molecule has 0 saturated carbocycles. The number of likely N-dealkylation sites (N-methyl/N-ethyl adjacent to an activating group) is 1. The van der Waals surface area contributed by atoms with Gasteiger partial charge in [0.05, 0.1) is 6.10 Å². The molecule has 3 nitrogen and oxygen atoms in total. The van der Waals surface area contributed by atoms with E-state index in [4.69, 9.17) is 0 Å². The van der Waals surface area contributed by atoms with Crippen molar-refractivity contribution in [2.45, 2.75) is 20.0 Å². The number of aromatic nitrogens is 1. The van der Waals surface area contributed by atoms with E-state index < -0.39 is 6.10 Å². The molecule has 1 rings (SSSR count). The molecule has 3 heteroatoms. The van der Waals surface area contributed by atoms with Crippen LogP contribution in [0, 0.1) is 0 Å². The second kappa shape index (κ2) is 5.51. The van der Waals surface area contributed by atoms with Gasteiger partial charge in [0.1, 0.15) is 5.82 Å². The molecule has 1 aromatic rings. The van der Waals surface area contributed by atoms with Crippen LogP contribution < -0.4 is 4.90 Å². The fraction of sp³-hybridized carbons (Fsp3) is 0.417. The quantitative estimate of drug-likeness (QED) is 0.750. The molecule has 1 unspecified atom stereocenters. The van der Waals surface area contributed by atoms with E-state index in [1.165, 1.54) is 0 Å². The van der Waals surface area contributed by atoms with Gasteiger partial charge in [-0.2, -0.15) is 0 Å².